The summed E-state index contributed by atoms with van der Waals surface area (Å²) >= 11 is 0. The third-order valence-electron chi connectivity index (χ3n) is 3.10. The van der Waals surface area contributed by atoms with Gasteiger partial charge in [0.1, 0.15) is 5.82 Å². The summed E-state index contributed by atoms with van der Waals surface area (Å²) in [5, 5.41) is 9.97. The highest BCUT2D eigenvalue weighted by molar-refractivity contribution is 6.08. The molecule has 11 heteroatoms. The highest BCUT2D eigenvalue weighted by atomic mass is 19.4. The lowest BCUT2D eigenvalue weighted by atomic mass is 10.2. The number of hydrogen-bond donors (Lipinski definition) is 1. The number of rotatable bonds is 3. The molecule has 24 heavy (non-hydrogen) atoms. The molecule has 1 unspecified atom stereocenters. The van der Waals surface area contributed by atoms with Crippen molar-refractivity contribution in [3.05, 3.63) is 35.2 Å². The van der Waals surface area contributed by atoms with Gasteiger partial charge in [-0.15, -0.1) is 0 Å². The van der Waals surface area contributed by atoms with Crippen LogP contribution in [0.5, 0.6) is 0 Å². The molecule has 2 rings (SSSR count). The fourth-order valence-corrected chi connectivity index (χ4v) is 2.01. The van der Waals surface area contributed by atoms with Crippen LogP contribution in [0, 0.1) is 0 Å². The third-order valence-corrected chi connectivity index (χ3v) is 3.10. The van der Waals surface area contributed by atoms with E-state index in [2.05, 4.69) is 9.72 Å². The molecule has 0 radical (unpaired) electrons. The van der Waals surface area contributed by atoms with Gasteiger partial charge in [0.15, 0.2) is 18.6 Å². The minimum absolute atomic E-state index is 0.356. The molecule has 1 aromatic heterocycles. The lowest BCUT2D eigenvalue weighted by Gasteiger charge is -2.22. The molecule has 0 saturated carbocycles. The number of anilines is 1. The van der Waals surface area contributed by atoms with Crippen LogP contribution in [0.15, 0.2) is 29.7 Å². The van der Waals surface area contributed by atoms with E-state index in [0.717, 1.165) is 13.1 Å². The van der Waals surface area contributed by atoms with Crippen LogP contribution in [0.4, 0.5) is 32.2 Å². The molecule has 1 N–H and O–H groups in total. The zero-order chi connectivity index (χ0) is 18.3. The maximum Gasteiger partial charge on any atom is 0.422 e. The van der Waals surface area contributed by atoms with Crippen LogP contribution < -0.4 is 4.90 Å². The Balaban J connectivity index is 2.30. The Labute approximate surface area is 131 Å². The number of amides is 1. The van der Waals surface area contributed by atoms with Gasteiger partial charge in [0.2, 0.25) is 0 Å². The molecule has 1 aliphatic heterocycles. The smallest absolute Gasteiger partial charge is 0.422 e. The van der Waals surface area contributed by atoms with Crippen LogP contribution in [0.3, 0.4) is 0 Å². The predicted octanol–water partition coefficient (Wildman–Crippen LogP) is 2.62. The number of pyridine rings is 1. The second-order valence-corrected chi connectivity index (χ2v) is 4.84. The first-order chi connectivity index (χ1) is 10.9. The number of aliphatic hydroxyl groups is 1. The first kappa shape index (κ1) is 18.0. The predicted molar refractivity (Wildman–Crippen MR) is 67.4 cm³/mol. The summed E-state index contributed by atoms with van der Waals surface area (Å²) in [7, 11) is 0. The summed E-state index contributed by atoms with van der Waals surface area (Å²) in [6.07, 6.45) is -10.7. The molecule has 0 spiro atoms. The van der Waals surface area contributed by atoms with E-state index in [-0.39, 0.29) is 5.57 Å². The molecule has 1 aliphatic rings. The van der Waals surface area contributed by atoms with Crippen molar-refractivity contribution in [1.29, 1.82) is 0 Å². The monoisotopic (exact) mass is 356 g/mol. The molecule has 1 atom stereocenters. The zero-order valence-electron chi connectivity index (χ0n) is 11.9. The lowest BCUT2D eigenvalue weighted by molar-refractivity contribution is -0.167. The highest BCUT2D eigenvalue weighted by Crippen LogP contribution is 2.34. The number of carbonyl (C=O) groups is 1. The van der Waals surface area contributed by atoms with Crippen LogP contribution in [-0.2, 0) is 15.7 Å². The summed E-state index contributed by atoms with van der Waals surface area (Å²) in [6.45, 7) is -0.668. The van der Waals surface area contributed by atoms with Crippen molar-refractivity contribution in [2.75, 3.05) is 11.5 Å². The van der Waals surface area contributed by atoms with Crippen LogP contribution in [-0.4, -0.2) is 35.0 Å². The lowest BCUT2D eigenvalue weighted by Crippen LogP contribution is -2.37. The summed E-state index contributed by atoms with van der Waals surface area (Å²) in [6, 6.07) is 1.15. The van der Waals surface area contributed by atoms with Gasteiger partial charge < -0.3 is 9.84 Å². The second-order valence-electron chi connectivity index (χ2n) is 4.84. The van der Waals surface area contributed by atoms with Gasteiger partial charge in [0, 0.05) is 6.20 Å². The summed E-state index contributed by atoms with van der Waals surface area (Å²) in [5.74, 6) is -2.25. The number of aromatic nitrogens is 1. The first-order valence-electron chi connectivity index (χ1n) is 6.37. The number of ether oxygens (including phenoxy) is 1. The second kappa shape index (κ2) is 5.96. The van der Waals surface area contributed by atoms with E-state index >= 15 is 0 Å². The van der Waals surface area contributed by atoms with Gasteiger partial charge in [-0.3, -0.25) is 9.69 Å². The Morgan fingerprint density at radius 3 is 2.46 bits per heavy atom. The minimum Gasteiger partial charge on any atom is -0.483 e. The number of halogens is 6. The normalized spacial score (nSPS) is 19.2. The Hall–Kier alpha value is -2.30. The number of nitrogens with zero attached hydrogens (tertiary/aromatic N) is 2. The van der Waals surface area contributed by atoms with Gasteiger partial charge in [0.05, 0.1) is 11.1 Å². The van der Waals surface area contributed by atoms with E-state index in [9.17, 15) is 36.2 Å². The molecular formula is C13H10F6N2O3. The molecule has 1 amide bonds. The molecule has 2 heterocycles. The number of aliphatic hydroxyl groups excluding tert-OH is 1. The number of carbonyl (C=O) groups excluding carboxylic acids is 1. The number of hydrogen-bond acceptors (Lipinski definition) is 4. The molecule has 0 bridgehead atoms. The Morgan fingerprint density at radius 1 is 1.29 bits per heavy atom. The van der Waals surface area contributed by atoms with Gasteiger partial charge in [-0.1, -0.05) is 0 Å². The van der Waals surface area contributed by atoms with Gasteiger partial charge in [0.25, 0.3) is 5.91 Å². The van der Waals surface area contributed by atoms with Gasteiger partial charge in [-0.05, 0) is 19.1 Å². The highest BCUT2D eigenvalue weighted by Gasteiger charge is 2.42. The van der Waals surface area contributed by atoms with Crippen molar-refractivity contribution in [1.82, 2.24) is 4.98 Å². The molecule has 132 valence electrons. The Morgan fingerprint density at radius 2 is 1.92 bits per heavy atom. The van der Waals surface area contributed by atoms with Crippen molar-refractivity contribution >= 4 is 11.7 Å². The van der Waals surface area contributed by atoms with Crippen molar-refractivity contribution < 1.29 is 41.0 Å². The molecular weight excluding hydrogens is 346 g/mol. The van der Waals surface area contributed by atoms with Crippen LogP contribution >= 0.6 is 0 Å². The van der Waals surface area contributed by atoms with Crippen LogP contribution in [0.2, 0.25) is 0 Å². The standard InChI is InChI=1S/C13H10F6N2O3/c1-6-9(24-5-12(14,15)16)11(23)21(10(6)22)8-4-7(2-3-20-8)13(17,18)19/h2-4,11,23H,5H2,1H3. The fraction of sp³-hybridized carbons (Fsp3) is 0.385. The summed E-state index contributed by atoms with van der Waals surface area (Å²) in [5.41, 5.74) is -1.49. The maximum absolute atomic E-state index is 12.7. The van der Waals surface area contributed by atoms with Crippen molar-refractivity contribution in [3.63, 3.8) is 0 Å². The third kappa shape index (κ3) is 3.61. The van der Waals surface area contributed by atoms with E-state index in [0.29, 0.717) is 17.0 Å². The Bertz CT molecular complexity index is 683. The molecule has 0 saturated heterocycles. The van der Waals surface area contributed by atoms with Crippen LogP contribution in [0.1, 0.15) is 12.5 Å². The Kier molecular flexibility index (Phi) is 4.48. The summed E-state index contributed by atoms with van der Waals surface area (Å²) < 4.78 is 79.1. The quantitative estimate of drug-likeness (QED) is 0.846. The first-order valence-corrected chi connectivity index (χ1v) is 6.37. The van der Waals surface area contributed by atoms with Crippen molar-refractivity contribution in [3.8, 4) is 0 Å². The number of alkyl halides is 6. The van der Waals surface area contributed by atoms with E-state index < -0.39 is 48.2 Å². The van der Waals surface area contributed by atoms with E-state index in [1.165, 1.54) is 0 Å². The zero-order valence-corrected chi connectivity index (χ0v) is 11.9. The average Bonchev–Trinajstić information content (AvgIpc) is 2.66. The van der Waals surface area contributed by atoms with Crippen LogP contribution in [0.25, 0.3) is 0 Å². The van der Waals surface area contributed by atoms with Crippen molar-refractivity contribution in [2.45, 2.75) is 25.5 Å². The molecule has 0 aliphatic carbocycles. The van der Waals surface area contributed by atoms with Crippen molar-refractivity contribution in [2.24, 2.45) is 0 Å². The largest absolute Gasteiger partial charge is 0.483 e. The van der Waals surface area contributed by atoms with Gasteiger partial charge >= 0.3 is 12.4 Å². The van der Waals surface area contributed by atoms with Gasteiger partial charge in [-0.2, -0.15) is 26.3 Å². The van der Waals surface area contributed by atoms with E-state index in [4.69, 9.17) is 0 Å². The SMILES string of the molecule is CC1=C(OCC(F)(F)F)C(O)N(c2cc(C(F)(F)F)ccn2)C1=O. The molecule has 0 fully saturated rings. The topological polar surface area (TPSA) is 62.7 Å². The minimum atomic E-state index is -4.72. The average molecular weight is 356 g/mol. The molecule has 5 nitrogen and oxygen atoms in total. The van der Waals surface area contributed by atoms with E-state index in [1.54, 1.807) is 0 Å². The van der Waals surface area contributed by atoms with E-state index in [1.807, 2.05) is 0 Å². The fourth-order valence-electron chi connectivity index (χ4n) is 2.01. The molecule has 0 aromatic carbocycles. The summed E-state index contributed by atoms with van der Waals surface area (Å²) in [4.78, 5) is 16.0. The molecule has 1 aromatic rings. The van der Waals surface area contributed by atoms with Gasteiger partial charge in [-0.25, -0.2) is 4.98 Å². The maximum atomic E-state index is 12.7.